The molecule has 0 aliphatic heterocycles. The molecule has 18 heavy (non-hydrogen) atoms. The van der Waals surface area contributed by atoms with E-state index in [9.17, 15) is 0 Å². The fraction of sp³-hybridized carbons (Fsp3) is 0.647. The molecule has 0 bridgehead atoms. The molecule has 0 N–H and O–H groups in total. The van der Waals surface area contributed by atoms with E-state index >= 15 is 0 Å². The summed E-state index contributed by atoms with van der Waals surface area (Å²) in [6.45, 7) is 9.24. The zero-order chi connectivity index (χ0) is 13.0. The molecule has 3 rings (SSSR count). The van der Waals surface area contributed by atoms with Crippen LogP contribution in [0.1, 0.15) is 45.6 Å². The normalized spacial score (nSPS) is 36.9. The first kappa shape index (κ1) is 12.1. The summed E-state index contributed by atoms with van der Waals surface area (Å²) in [6, 6.07) is 8.52. The lowest BCUT2D eigenvalue weighted by molar-refractivity contribution is 0.0847. The summed E-state index contributed by atoms with van der Waals surface area (Å²) in [4.78, 5) is 0. The Bertz CT molecular complexity index is 445. The van der Waals surface area contributed by atoms with Gasteiger partial charge in [0.15, 0.2) is 0 Å². The molecule has 0 saturated heterocycles. The second kappa shape index (κ2) is 3.76. The molecule has 1 heteroatoms. The first-order chi connectivity index (χ1) is 8.46. The summed E-state index contributed by atoms with van der Waals surface area (Å²) in [5, 5.41) is 0. The molecular weight excluding hydrogens is 220 g/mol. The van der Waals surface area contributed by atoms with Crippen molar-refractivity contribution in [2.45, 2.75) is 52.6 Å². The Balaban J connectivity index is 1.84. The molecule has 2 aliphatic carbocycles. The van der Waals surface area contributed by atoms with Crippen molar-refractivity contribution in [3.05, 3.63) is 29.8 Å². The van der Waals surface area contributed by atoms with Gasteiger partial charge < -0.3 is 4.74 Å². The number of benzene rings is 1. The van der Waals surface area contributed by atoms with Crippen LogP contribution in [0.3, 0.4) is 0 Å². The highest BCUT2D eigenvalue weighted by Gasteiger charge is 2.74. The van der Waals surface area contributed by atoms with Gasteiger partial charge in [0.2, 0.25) is 0 Å². The van der Waals surface area contributed by atoms with Crippen LogP contribution >= 0.6 is 0 Å². The smallest absolute Gasteiger partial charge is 0.120 e. The Morgan fingerprint density at radius 3 is 2.44 bits per heavy atom. The van der Waals surface area contributed by atoms with E-state index in [2.05, 4.69) is 52.0 Å². The monoisotopic (exact) mass is 244 g/mol. The lowest BCUT2D eigenvalue weighted by atomic mass is 9.88. The van der Waals surface area contributed by atoms with Gasteiger partial charge in [0.05, 0.1) is 0 Å². The van der Waals surface area contributed by atoms with Crippen LogP contribution in [0.4, 0.5) is 0 Å². The predicted molar refractivity (Wildman–Crippen MR) is 74.8 cm³/mol. The summed E-state index contributed by atoms with van der Waals surface area (Å²) < 4.78 is 6.46. The molecule has 0 amide bonds. The van der Waals surface area contributed by atoms with Crippen LogP contribution in [-0.2, 0) is 0 Å². The van der Waals surface area contributed by atoms with Crippen LogP contribution in [0.15, 0.2) is 24.3 Å². The van der Waals surface area contributed by atoms with Gasteiger partial charge in [-0.3, -0.25) is 0 Å². The van der Waals surface area contributed by atoms with Gasteiger partial charge in [0, 0.05) is 11.3 Å². The SMILES string of the molecule is Cc1ccc(OC23CC(C)CCC2C3(C)C)cc1. The molecule has 0 aromatic heterocycles. The third kappa shape index (κ3) is 1.60. The van der Waals surface area contributed by atoms with E-state index in [0.29, 0.717) is 5.41 Å². The molecule has 2 saturated carbocycles. The zero-order valence-corrected chi connectivity index (χ0v) is 12.0. The molecule has 3 atom stereocenters. The Labute approximate surface area is 111 Å². The van der Waals surface area contributed by atoms with Gasteiger partial charge >= 0.3 is 0 Å². The number of rotatable bonds is 2. The minimum atomic E-state index is 0.111. The van der Waals surface area contributed by atoms with Crippen molar-refractivity contribution in [2.24, 2.45) is 17.3 Å². The van der Waals surface area contributed by atoms with Crippen molar-refractivity contribution >= 4 is 0 Å². The van der Waals surface area contributed by atoms with Gasteiger partial charge in [0.25, 0.3) is 0 Å². The lowest BCUT2D eigenvalue weighted by Crippen LogP contribution is -2.30. The van der Waals surface area contributed by atoms with Crippen molar-refractivity contribution in [3.63, 3.8) is 0 Å². The lowest BCUT2D eigenvalue weighted by Gasteiger charge is -2.29. The van der Waals surface area contributed by atoms with Gasteiger partial charge in [-0.2, -0.15) is 0 Å². The minimum absolute atomic E-state index is 0.111. The number of hydrogen-bond acceptors (Lipinski definition) is 1. The van der Waals surface area contributed by atoms with Crippen LogP contribution in [0.25, 0.3) is 0 Å². The van der Waals surface area contributed by atoms with Crippen molar-refractivity contribution in [1.82, 2.24) is 0 Å². The molecule has 98 valence electrons. The van der Waals surface area contributed by atoms with E-state index < -0.39 is 0 Å². The number of fused-ring (bicyclic) bond motifs is 1. The van der Waals surface area contributed by atoms with Crippen molar-refractivity contribution in [1.29, 1.82) is 0 Å². The summed E-state index contributed by atoms with van der Waals surface area (Å²) >= 11 is 0. The first-order valence-corrected chi connectivity index (χ1v) is 7.21. The van der Waals surface area contributed by atoms with Crippen LogP contribution in [0, 0.1) is 24.2 Å². The van der Waals surface area contributed by atoms with Crippen molar-refractivity contribution in [2.75, 3.05) is 0 Å². The molecule has 1 aromatic rings. The Hall–Kier alpha value is -0.980. The van der Waals surface area contributed by atoms with Gasteiger partial charge in [-0.1, -0.05) is 44.9 Å². The van der Waals surface area contributed by atoms with Gasteiger partial charge in [-0.05, 0) is 37.8 Å². The highest BCUT2D eigenvalue weighted by molar-refractivity contribution is 5.31. The topological polar surface area (TPSA) is 9.23 Å². The van der Waals surface area contributed by atoms with Gasteiger partial charge in [-0.15, -0.1) is 0 Å². The highest BCUT2D eigenvalue weighted by atomic mass is 16.5. The Morgan fingerprint density at radius 2 is 1.78 bits per heavy atom. The third-order valence-corrected chi connectivity index (χ3v) is 5.36. The number of ether oxygens (including phenoxy) is 1. The quantitative estimate of drug-likeness (QED) is 0.739. The molecule has 0 spiro atoms. The minimum Gasteiger partial charge on any atom is -0.486 e. The molecule has 0 heterocycles. The molecule has 0 radical (unpaired) electrons. The second-order valence-corrected chi connectivity index (χ2v) is 6.97. The average Bonchev–Trinajstić information content (AvgIpc) is 2.77. The van der Waals surface area contributed by atoms with Gasteiger partial charge in [-0.25, -0.2) is 0 Å². The van der Waals surface area contributed by atoms with Crippen LogP contribution in [0.2, 0.25) is 0 Å². The van der Waals surface area contributed by atoms with E-state index in [1.165, 1.54) is 24.8 Å². The zero-order valence-electron chi connectivity index (χ0n) is 12.0. The summed E-state index contributed by atoms with van der Waals surface area (Å²) in [6.07, 6.45) is 3.92. The maximum atomic E-state index is 6.46. The molecule has 3 unspecified atom stereocenters. The predicted octanol–water partition coefficient (Wildman–Crippen LogP) is 4.59. The maximum absolute atomic E-state index is 6.46. The van der Waals surface area contributed by atoms with E-state index in [-0.39, 0.29) is 5.60 Å². The van der Waals surface area contributed by atoms with Crippen molar-refractivity contribution in [3.8, 4) is 5.75 Å². The van der Waals surface area contributed by atoms with E-state index in [1.807, 2.05) is 0 Å². The Morgan fingerprint density at radius 1 is 1.11 bits per heavy atom. The largest absolute Gasteiger partial charge is 0.486 e. The van der Waals surface area contributed by atoms with E-state index in [0.717, 1.165) is 17.6 Å². The second-order valence-electron chi connectivity index (χ2n) is 6.97. The van der Waals surface area contributed by atoms with Crippen molar-refractivity contribution < 1.29 is 4.74 Å². The summed E-state index contributed by atoms with van der Waals surface area (Å²) in [5.41, 5.74) is 1.76. The molecule has 2 aliphatic rings. The molecule has 1 aromatic carbocycles. The average molecular weight is 244 g/mol. The fourth-order valence-corrected chi connectivity index (χ4v) is 4.05. The van der Waals surface area contributed by atoms with E-state index in [1.54, 1.807) is 0 Å². The Kier molecular flexibility index (Phi) is 2.52. The molecular formula is C17H24O. The fourth-order valence-electron chi connectivity index (χ4n) is 4.05. The summed E-state index contributed by atoms with van der Waals surface area (Å²) in [5.74, 6) is 2.60. The van der Waals surface area contributed by atoms with Crippen LogP contribution < -0.4 is 4.74 Å². The third-order valence-electron chi connectivity index (χ3n) is 5.36. The maximum Gasteiger partial charge on any atom is 0.120 e. The number of hydrogen-bond donors (Lipinski definition) is 0. The van der Waals surface area contributed by atoms with Crippen LogP contribution in [0.5, 0.6) is 5.75 Å². The number of aryl methyl sites for hydroxylation is 1. The standard InChI is InChI=1S/C17H24O/c1-12-5-8-14(9-6-12)18-17-11-13(2)7-10-15(17)16(17,3)4/h5-6,8-9,13,15H,7,10-11H2,1-4H3. The first-order valence-electron chi connectivity index (χ1n) is 7.21. The van der Waals surface area contributed by atoms with Crippen LogP contribution in [-0.4, -0.2) is 5.60 Å². The molecule has 1 nitrogen and oxygen atoms in total. The van der Waals surface area contributed by atoms with E-state index in [4.69, 9.17) is 4.74 Å². The highest BCUT2D eigenvalue weighted by Crippen LogP contribution is 2.70. The summed E-state index contributed by atoms with van der Waals surface area (Å²) in [7, 11) is 0. The molecule has 2 fully saturated rings. The van der Waals surface area contributed by atoms with Gasteiger partial charge in [0.1, 0.15) is 11.4 Å².